The number of benzene rings is 2. The molecule has 0 unspecified atom stereocenters. The van der Waals surface area contributed by atoms with Gasteiger partial charge in [-0.1, -0.05) is 12.1 Å². The van der Waals surface area contributed by atoms with E-state index < -0.39 is 40.5 Å². The average molecular weight is 350 g/mol. The molecule has 0 radical (unpaired) electrons. The number of hydrogen-bond acceptors (Lipinski definition) is 7. The topological polar surface area (TPSA) is 176 Å². The first kappa shape index (κ1) is 19.2. The van der Waals surface area contributed by atoms with Crippen LogP contribution in [0, 0.1) is 0 Å². The maximum atomic E-state index is 10.3. The van der Waals surface area contributed by atoms with E-state index in [9.17, 15) is 9.59 Å². The molecule has 0 aliphatic heterocycles. The molecule has 0 fully saturated rings. The number of phenols is 4. The molecule has 7 N–H and O–H groups in total. The third-order valence-electron chi connectivity index (χ3n) is 2.78. The largest absolute Gasteiger partial charge is 0.508 e. The molecule has 0 atom stereocenters. The molecular formula is C16H14O9. The van der Waals surface area contributed by atoms with Crippen LogP contribution in [0.25, 0.3) is 6.08 Å². The van der Waals surface area contributed by atoms with Crippen molar-refractivity contribution < 1.29 is 45.3 Å². The number of aromatic carboxylic acids is 1. The Labute approximate surface area is 140 Å². The molecule has 2 aromatic rings. The fourth-order valence-corrected chi connectivity index (χ4v) is 1.53. The van der Waals surface area contributed by atoms with Crippen molar-refractivity contribution in [2.75, 3.05) is 0 Å². The smallest absolute Gasteiger partial charge is 0.370 e. The molecule has 0 heterocycles. The highest BCUT2D eigenvalue weighted by atomic mass is 16.4. The third kappa shape index (κ3) is 5.36. The number of aliphatic hydroxyl groups is 1. The zero-order valence-corrected chi connectivity index (χ0v) is 12.5. The summed E-state index contributed by atoms with van der Waals surface area (Å²) in [5.74, 6) is -5.61. The number of carboxylic acids is 2. The van der Waals surface area contributed by atoms with Crippen LogP contribution < -0.4 is 0 Å². The van der Waals surface area contributed by atoms with Gasteiger partial charge in [-0.15, -0.1) is 0 Å². The van der Waals surface area contributed by atoms with Crippen LogP contribution in [0.2, 0.25) is 0 Å². The van der Waals surface area contributed by atoms with Gasteiger partial charge >= 0.3 is 11.9 Å². The van der Waals surface area contributed by atoms with Crippen molar-refractivity contribution in [1.82, 2.24) is 0 Å². The number of hydrogen-bond donors (Lipinski definition) is 7. The third-order valence-corrected chi connectivity index (χ3v) is 2.78. The SMILES string of the molecule is O=C(O)/C(O)=C/c1ccc(O)cc1.O=C(O)c1ccc(O)c(O)c1O. The van der Waals surface area contributed by atoms with Crippen LogP contribution >= 0.6 is 0 Å². The number of carbonyl (C=O) groups is 2. The molecule has 0 aromatic heterocycles. The summed E-state index contributed by atoms with van der Waals surface area (Å²) in [6.45, 7) is 0. The number of aliphatic hydroxyl groups excluding tert-OH is 1. The molecule has 0 spiro atoms. The fraction of sp³-hybridized carbons (Fsp3) is 0. The molecular weight excluding hydrogens is 336 g/mol. The van der Waals surface area contributed by atoms with Crippen molar-refractivity contribution >= 4 is 18.0 Å². The number of aliphatic carboxylic acids is 1. The molecule has 0 aliphatic carbocycles. The van der Waals surface area contributed by atoms with Gasteiger partial charge in [-0.2, -0.15) is 0 Å². The summed E-state index contributed by atoms with van der Waals surface area (Å²) in [7, 11) is 0. The molecule has 0 amide bonds. The second-order valence-corrected chi connectivity index (χ2v) is 4.56. The Morgan fingerprint density at radius 2 is 1.32 bits per heavy atom. The minimum absolute atomic E-state index is 0.0898. The summed E-state index contributed by atoms with van der Waals surface area (Å²) < 4.78 is 0. The highest BCUT2D eigenvalue weighted by molar-refractivity contribution is 5.92. The van der Waals surface area contributed by atoms with Crippen LogP contribution in [-0.4, -0.2) is 47.7 Å². The summed E-state index contributed by atoms with van der Waals surface area (Å²) in [6, 6.07) is 7.77. The van der Waals surface area contributed by atoms with Crippen molar-refractivity contribution in [3.63, 3.8) is 0 Å². The van der Waals surface area contributed by atoms with E-state index in [1.807, 2.05) is 0 Å². The average Bonchev–Trinajstić information content (AvgIpc) is 2.55. The van der Waals surface area contributed by atoms with Crippen molar-refractivity contribution in [3.05, 3.63) is 53.3 Å². The zero-order valence-electron chi connectivity index (χ0n) is 12.5. The summed E-state index contributed by atoms with van der Waals surface area (Å²) in [6.07, 6.45) is 1.10. The van der Waals surface area contributed by atoms with Gasteiger partial charge in [0.2, 0.25) is 11.5 Å². The van der Waals surface area contributed by atoms with Crippen molar-refractivity contribution in [1.29, 1.82) is 0 Å². The van der Waals surface area contributed by atoms with Gasteiger partial charge in [-0.05, 0) is 35.9 Å². The van der Waals surface area contributed by atoms with Gasteiger partial charge in [-0.3, -0.25) is 0 Å². The Morgan fingerprint density at radius 3 is 1.80 bits per heavy atom. The first-order chi connectivity index (χ1) is 11.6. The minimum Gasteiger partial charge on any atom is -0.508 e. The molecule has 132 valence electrons. The standard InChI is InChI=1S/C9H8O4.C7H6O5/c10-7-3-1-6(2-4-7)5-8(11)9(12)13;8-4-2-1-3(7(11)12)5(9)6(4)10/h1-5,10-11H,(H,12,13);1-2,8-10H,(H,11,12)/b8-5-;. The molecule has 0 aliphatic rings. The molecule has 9 heteroatoms. The maximum absolute atomic E-state index is 10.3. The van der Waals surface area contributed by atoms with Crippen LogP contribution in [0.15, 0.2) is 42.2 Å². The van der Waals surface area contributed by atoms with E-state index in [0.717, 1.165) is 18.2 Å². The van der Waals surface area contributed by atoms with Gasteiger partial charge in [0.05, 0.1) is 0 Å². The Balaban J connectivity index is 0.000000251. The lowest BCUT2D eigenvalue weighted by atomic mass is 10.2. The minimum atomic E-state index is -1.38. The van der Waals surface area contributed by atoms with Gasteiger partial charge in [-0.25, -0.2) is 9.59 Å². The summed E-state index contributed by atoms with van der Waals surface area (Å²) >= 11 is 0. The van der Waals surface area contributed by atoms with Crippen molar-refractivity contribution in [3.8, 4) is 23.0 Å². The van der Waals surface area contributed by atoms with E-state index in [1.165, 1.54) is 24.3 Å². The highest BCUT2D eigenvalue weighted by Crippen LogP contribution is 2.36. The molecule has 0 saturated carbocycles. The van der Waals surface area contributed by atoms with Crippen LogP contribution in [0.4, 0.5) is 0 Å². The number of aromatic hydroxyl groups is 4. The van der Waals surface area contributed by atoms with E-state index in [0.29, 0.717) is 5.56 Å². The molecule has 9 nitrogen and oxygen atoms in total. The van der Waals surface area contributed by atoms with E-state index in [1.54, 1.807) is 0 Å². The second kappa shape index (κ2) is 8.11. The second-order valence-electron chi connectivity index (χ2n) is 4.56. The highest BCUT2D eigenvalue weighted by Gasteiger charge is 2.15. The van der Waals surface area contributed by atoms with E-state index in [-0.39, 0.29) is 5.75 Å². The van der Waals surface area contributed by atoms with Crippen LogP contribution in [-0.2, 0) is 4.79 Å². The number of carboxylic acid groups (broad SMARTS) is 2. The van der Waals surface area contributed by atoms with Crippen molar-refractivity contribution in [2.24, 2.45) is 0 Å². The molecule has 2 rings (SSSR count). The zero-order chi connectivity index (χ0) is 19.1. The normalized spacial score (nSPS) is 10.5. The molecule has 2 aromatic carbocycles. The van der Waals surface area contributed by atoms with Gasteiger partial charge < -0.3 is 35.7 Å². The quantitative estimate of drug-likeness (QED) is 0.247. The van der Waals surface area contributed by atoms with Crippen molar-refractivity contribution in [2.45, 2.75) is 0 Å². The first-order valence-electron chi connectivity index (χ1n) is 6.53. The summed E-state index contributed by atoms with van der Waals surface area (Å²) in [5, 5.41) is 61.1. The van der Waals surface area contributed by atoms with Gasteiger partial charge in [0, 0.05) is 0 Å². The van der Waals surface area contributed by atoms with Crippen LogP contribution in [0.5, 0.6) is 23.0 Å². The van der Waals surface area contributed by atoms with E-state index in [2.05, 4.69) is 0 Å². The lowest BCUT2D eigenvalue weighted by Gasteiger charge is -2.02. The monoisotopic (exact) mass is 350 g/mol. The predicted octanol–water partition coefficient (Wildman–Crippen LogP) is 1.88. The number of phenolic OH excluding ortho intramolecular Hbond substituents is 3. The Bertz CT molecular complexity index is 807. The lowest BCUT2D eigenvalue weighted by molar-refractivity contribution is -0.135. The molecule has 0 saturated heterocycles. The Hall–Kier alpha value is -3.88. The number of rotatable bonds is 3. The maximum Gasteiger partial charge on any atom is 0.370 e. The van der Waals surface area contributed by atoms with Gasteiger partial charge in [0.25, 0.3) is 0 Å². The fourth-order valence-electron chi connectivity index (χ4n) is 1.53. The van der Waals surface area contributed by atoms with Gasteiger partial charge in [0.15, 0.2) is 11.5 Å². The lowest BCUT2D eigenvalue weighted by Crippen LogP contribution is -1.98. The van der Waals surface area contributed by atoms with Gasteiger partial charge in [0.1, 0.15) is 11.3 Å². The summed E-state index contributed by atoms with van der Waals surface area (Å²) in [5.41, 5.74) is 0.0583. The Kier molecular flexibility index (Phi) is 6.22. The van der Waals surface area contributed by atoms with E-state index in [4.69, 9.17) is 35.7 Å². The first-order valence-corrected chi connectivity index (χ1v) is 6.53. The predicted molar refractivity (Wildman–Crippen MR) is 84.7 cm³/mol. The van der Waals surface area contributed by atoms with E-state index >= 15 is 0 Å². The van der Waals surface area contributed by atoms with Crippen LogP contribution in [0.3, 0.4) is 0 Å². The molecule has 0 bridgehead atoms. The Morgan fingerprint density at radius 1 is 0.760 bits per heavy atom. The molecule has 25 heavy (non-hydrogen) atoms. The summed E-state index contributed by atoms with van der Waals surface area (Å²) in [4.78, 5) is 20.5. The van der Waals surface area contributed by atoms with Crippen LogP contribution in [0.1, 0.15) is 15.9 Å².